The van der Waals surface area contributed by atoms with Crippen molar-refractivity contribution in [3.63, 3.8) is 0 Å². The quantitative estimate of drug-likeness (QED) is 0.704. The summed E-state index contributed by atoms with van der Waals surface area (Å²) >= 11 is 13.4. The summed E-state index contributed by atoms with van der Waals surface area (Å²) < 4.78 is 1.83. The van der Waals surface area contributed by atoms with E-state index >= 15 is 0 Å². The van der Waals surface area contributed by atoms with E-state index in [0.29, 0.717) is 28.6 Å². The number of carbonyl (C=O) groups excluding carboxylic acids is 1. The maximum Gasteiger partial charge on any atom is 0.252 e. The predicted octanol–water partition coefficient (Wildman–Crippen LogP) is 4.22. The Morgan fingerprint density at radius 1 is 1.28 bits per heavy atom. The van der Waals surface area contributed by atoms with E-state index in [2.05, 4.69) is 15.4 Å². The molecular weight excluding hydrogens is 379 g/mol. The molecule has 5 nitrogen and oxygen atoms in total. The van der Waals surface area contributed by atoms with Crippen molar-refractivity contribution in [1.29, 1.82) is 0 Å². The van der Waals surface area contributed by atoms with Gasteiger partial charge in [-0.2, -0.15) is 5.10 Å². The van der Waals surface area contributed by atoms with E-state index in [0.717, 1.165) is 22.2 Å². The maximum atomic E-state index is 12.2. The number of thiazole rings is 1. The lowest BCUT2D eigenvalue weighted by Crippen LogP contribution is -2.26. The number of hydrogen-bond acceptors (Lipinski definition) is 4. The minimum absolute atomic E-state index is 0.226. The van der Waals surface area contributed by atoms with Gasteiger partial charge in [-0.15, -0.1) is 11.3 Å². The molecule has 1 amide bonds. The molecule has 1 N–H and O–H groups in total. The van der Waals surface area contributed by atoms with Crippen LogP contribution in [0.4, 0.5) is 0 Å². The van der Waals surface area contributed by atoms with Crippen LogP contribution in [-0.4, -0.2) is 27.2 Å². The summed E-state index contributed by atoms with van der Waals surface area (Å²) in [6, 6.07) is 6.82. The van der Waals surface area contributed by atoms with E-state index < -0.39 is 0 Å². The summed E-state index contributed by atoms with van der Waals surface area (Å²) in [7, 11) is 0. The molecule has 0 bridgehead atoms. The second kappa shape index (κ2) is 7.56. The van der Waals surface area contributed by atoms with E-state index in [1.807, 2.05) is 30.0 Å². The highest BCUT2D eigenvalue weighted by Crippen LogP contribution is 2.21. The van der Waals surface area contributed by atoms with Gasteiger partial charge in [0.2, 0.25) is 5.13 Å². The van der Waals surface area contributed by atoms with Crippen molar-refractivity contribution in [1.82, 2.24) is 20.1 Å². The Morgan fingerprint density at radius 2 is 2.08 bits per heavy atom. The highest BCUT2D eigenvalue weighted by atomic mass is 35.5. The zero-order chi connectivity index (χ0) is 18.0. The number of halogens is 2. The first-order chi connectivity index (χ1) is 11.9. The van der Waals surface area contributed by atoms with Crippen LogP contribution in [0, 0.1) is 13.8 Å². The molecule has 0 atom stereocenters. The molecule has 0 unspecified atom stereocenters. The fraction of sp³-hybridized carbons (Fsp3) is 0.235. The number of carbonyl (C=O) groups is 1. The lowest BCUT2D eigenvalue weighted by atomic mass is 10.2. The van der Waals surface area contributed by atoms with Crippen LogP contribution >= 0.6 is 34.5 Å². The predicted molar refractivity (Wildman–Crippen MR) is 101 cm³/mol. The number of hydrogen-bond donors (Lipinski definition) is 1. The lowest BCUT2D eigenvalue weighted by Gasteiger charge is -2.06. The van der Waals surface area contributed by atoms with Gasteiger partial charge < -0.3 is 5.32 Å². The fourth-order valence-corrected chi connectivity index (χ4v) is 3.76. The number of nitrogens with zero attached hydrogens (tertiary/aromatic N) is 3. The van der Waals surface area contributed by atoms with Crippen LogP contribution in [-0.2, 0) is 6.42 Å². The molecule has 0 fully saturated rings. The Morgan fingerprint density at radius 3 is 2.76 bits per heavy atom. The van der Waals surface area contributed by atoms with E-state index in [4.69, 9.17) is 23.2 Å². The molecule has 25 heavy (non-hydrogen) atoms. The molecule has 0 spiro atoms. The molecule has 1 aromatic carbocycles. The van der Waals surface area contributed by atoms with Crippen molar-refractivity contribution in [2.24, 2.45) is 0 Å². The fourth-order valence-electron chi connectivity index (χ4n) is 2.40. The molecule has 0 aliphatic heterocycles. The van der Waals surface area contributed by atoms with Gasteiger partial charge in [0, 0.05) is 29.1 Å². The van der Waals surface area contributed by atoms with Gasteiger partial charge in [0.1, 0.15) is 0 Å². The molecule has 2 heterocycles. The molecule has 0 radical (unpaired) electrons. The Bertz CT molecular complexity index is 919. The highest BCUT2D eigenvalue weighted by molar-refractivity contribution is 7.12. The molecule has 0 aliphatic rings. The lowest BCUT2D eigenvalue weighted by molar-refractivity contribution is 0.0954. The van der Waals surface area contributed by atoms with Crippen LogP contribution in [0.15, 0.2) is 29.6 Å². The van der Waals surface area contributed by atoms with E-state index in [-0.39, 0.29) is 5.91 Å². The minimum atomic E-state index is -0.226. The summed E-state index contributed by atoms with van der Waals surface area (Å²) in [5.41, 5.74) is 3.33. The third-order valence-electron chi connectivity index (χ3n) is 3.57. The number of aromatic nitrogens is 3. The number of benzene rings is 1. The smallest absolute Gasteiger partial charge is 0.252 e. The first-order valence-corrected chi connectivity index (χ1v) is 9.29. The largest absolute Gasteiger partial charge is 0.352 e. The maximum absolute atomic E-state index is 12.2. The molecule has 8 heteroatoms. The standard InChI is InChI=1S/C17H16Cl2N4OS/c1-10-7-11(2)23(22-10)17-21-13(9-25-17)5-6-20-16(24)14-4-3-12(18)8-15(14)19/h3-4,7-9H,5-6H2,1-2H3,(H,20,24). The number of nitrogens with one attached hydrogen (secondary N) is 1. The monoisotopic (exact) mass is 394 g/mol. The molecule has 3 aromatic rings. The van der Waals surface area contributed by atoms with Crippen molar-refractivity contribution < 1.29 is 4.79 Å². The second-order valence-corrected chi connectivity index (χ2v) is 7.27. The molecular formula is C17H16Cl2N4OS. The summed E-state index contributed by atoms with van der Waals surface area (Å²) in [5.74, 6) is -0.226. The Hall–Kier alpha value is -1.89. The molecule has 3 rings (SSSR count). The highest BCUT2D eigenvalue weighted by Gasteiger charge is 2.12. The van der Waals surface area contributed by atoms with Crippen molar-refractivity contribution in [3.05, 3.63) is 62.3 Å². The average molecular weight is 395 g/mol. The zero-order valence-corrected chi connectivity index (χ0v) is 16.0. The van der Waals surface area contributed by atoms with Gasteiger partial charge >= 0.3 is 0 Å². The van der Waals surface area contributed by atoms with E-state index in [9.17, 15) is 4.79 Å². The van der Waals surface area contributed by atoms with Crippen molar-refractivity contribution in [2.45, 2.75) is 20.3 Å². The van der Waals surface area contributed by atoms with Crippen LogP contribution in [0.2, 0.25) is 10.0 Å². The Balaban J connectivity index is 1.59. The summed E-state index contributed by atoms with van der Waals surface area (Å²) in [6.07, 6.45) is 0.632. The third-order valence-corrected chi connectivity index (χ3v) is 4.99. The van der Waals surface area contributed by atoms with Crippen LogP contribution in [0.5, 0.6) is 0 Å². The summed E-state index contributed by atoms with van der Waals surface area (Å²) in [6.45, 7) is 4.42. The number of rotatable bonds is 5. The Kier molecular flexibility index (Phi) is 5.42. The summed E-state index contributed by atoms with van der Waals surface area (Å²) in [4.78, 5) is 16.7. The number of amides is 1. The van der Waals surface area contributed by atoms with Crippen molar-refractivity contribution >= 4 is 40.4 Å². The van der Waals surface area contributed by atoms with Crippen LogP contribution in [0.3, 0.4) is 0 Å². The zero-order valence-electron chi connectivity index (χ0n) is 13.7. The first kappa shape index (κ1) is 17.9. The molecule has 2 aromatic heterocycles. The molecule has 130 valence electrons. The molecule has 0 saturated carbocycles. The Labute approximate surface area is 159 Å². The topological polar surface area (TPSA) is 59.8 Å². The van der Waals surface area contributed by atoms with E-state index in [1.54, 1.807) is 18.2 Å². The van der Waals surface area contributed by atoms with Gasteiger partial charge in [0.25, 0.3) is 5.91 Å². The van der Waals surface area contributed by atoms with Gasteiger partial charge in [0.05, 0.1) is 22.0 Å². The minimum Gasteiger partial charge on any atom is -0.352 e. The van der Waals surface area contributed by atoms with Crippen molar-refractivity contribution in [2.75, 3.05) is 6.54 Å². The van der Waals surface area contributed by atoms with Crippen LogP contribution in [0.1, 0.15) is 27.4 Å². The van der Waals surface area contributed by atoms with Crippen LogP contribution in [0.25, 0.3) is 5.13 Å². The van der Waals surface area contributed by atoms with Crippen molar-refractivity contribution in [3.8, 4) is 5.13 Å². The number of aryl methyl sites for hydroxylation is 2. The molecule has 0 saturated heterocycles. The third kappa shape index (κ3) is 4.21. The molecule has 0 aliphatic carbocycles. The van der Waals surface area contributed by atoms with Crippen LogP contribution < -0.4 is 5.32 Å². The summed E-state index contributed by atoms with van der Waals surface area (Å²) in [5, 5.41) is 10.9. The van der Waals surface area contributed by atoms with Gasteiger partial charge in [-0.25, -0.2) is 9.67 Å². The first-order valence-electron chi connectivity index (χ1n) is 7.65. The SMILES string of the molecule is Cc1cc(C)n(-c2nc(CCNC(=O)c3ccc(Cl)cc3Cl)cs2)n1. The van der Waals surface area contributed by atoms with Gasteiger partial charge in [-0.1, -0.05) is 23.2 Å². The van der Waals surface area contributed by atoms with Gasteiger partial charge in [0.15, 0.2) is 0 Å². The second-order valence-electron chi connectivity index (χ2n) is 5.59. The van der Waals surface area contributed by atoms with Gasteiger partial charge in [-0.3, -0.25) is 4.79 Å². The average Bonchev–Trinajstić information content (AvgIpc) is 3.13. The van der Waals surface area contributed by atoms with Gasteiger partial charge in [-0.05, 0) is 38.1 Å². The van der Waals surface area contributed by atoms with E-state index in [1.165, 1.54) is 11.3 Å². The normalized spacial score (nSPS) is 10.9.